The zero-order chi connectivity index (χ0) is 35.7. The SMILES string of the molecule is CCCCCN(CCCCC)c1ccc(C2(O)C([O-])C(c3ccc(N(CC)CC)c4cc5ccccc5cc34)C2O)c2cc3ccccc3cc12. The average Bonchev–Trinajstić information content (AvgIpc) is 3.16. The molecule has 1 aliphatic carbocycles. The normalized spacial score (nSPS) is 20.3. The molecule has 0 amide bonds. The number of anilines is 2. The Hall–Kier alpha value is -4.16. The van der Waals surface area contributed by atoms with Crippen molar-refractivity contribution in [3.05, 3.63) is 108 Å². The maximum atomic E-state index is 14.7. The molecule has 4 unspecified atom stereocenters. The molecule has 1 aliphatic rings. The third-order valence-corrected chi connectivity index (χ3v) is 11.6. The second kappa shape index (κ2) is 14.8. The first-order valence-corrected chi connectivity index (χ1v) is 19.3. The smallest absolute Gasteiger partial charge is 0.105 e. The summed E-state index contributed by atoms with van der Waals surface area (Å²) < 4.78 is 0. The summed E-state index contributed by atoms with van der Waals surface area (Å²) in [4.78, 5) is 4.83. The van der Waals surface area contributed by atoms with Gasteiger partial charge in [0.2, 0.25) is 0 Å². The molecule has 5 nitrogen and oxygen atoms in total. The van der Waals surface area contributed by atoms with Crippen LogP contribution in [0.15, 0.2) is 97.1 Å². The van der Waals surface area contributed by atoms with Crippen LogP contribution in [-0.4, -0.2) is 48.6 Å². The lowest BCUT2D eigenvalue weighted by molar-refractivity contribution is -0.507. The highest BCUT2D eigenvalue weighted by atomic mass is 16.4. The minimum atomic E-state index is -1.94. The molecule has 0 aromatic heterocycles. The third-order valence-electron chi connectivity index (χ3n) is 11.6. The van der Waals surface area contributed by atoms with Gasteiger partial charge in [0.15, 0.2) is 0 Å². The summed E-state index contributed by atoms with van der Waals surface area (Å²) in [5.41, 5.74) is 1.63. The number of aliphatic hydroxyl groups is 2. The Kier molecular flexibility index (Phi) is 10.2. The van der Waals surface area contributed by atoms with Crippen LogP contribution < -0.4 is 14.9 Å². The fourth-order valence-corrected chi connectivity index (χ4v) is 8.68. The van der Waals surface area contributed by atoms with Crippen molar-refractivity contribution in [3.8, 4) is 0 Å². The van der Waals surface area contributed by atoms with Crippen molar-refractivity contribution in [2.45, 2.75) is 89.9 Å². The van der Waals surface area contributed by atoms with Gasteiger partial charge < -0.3 is 25.1 Å². The lowest BCUT2D eigenvalue weighted by Gasteiger charge is -2.61. The van der Waals surface area contributed by atoms with Gasteiger partial charge in [-0.3, -0.25) is 0 Å². The molecule has 0 aliphatic heterocycles. The van der Waals surface area contributed by atoms with Crippen molar-refractivity contribution in [1.29, 1.82) is 0 Å². The minimum Gasteiger partial charge on any atom is -0.849 e. The molecule has 5 heteroatoms. The fourth-order valence-electron chi connectivity index (χ4n) is 8.68. The van der Waals surface area contributed by atoms with Crippen LogP contribution in [0, 0.1) is 0 Å². The molecule has 1 saturated carbocycles. The summed E-state index contributed by atoms with van der Waals surface area (Å²) in [5, 5.41) is 47.5. The Morgan fingerprint density at radius 2 is 1.06 bits per heavy atom. The number of fused-ring (bicyclic) bond motifs is 4. The van der Waals surface area contributed by atoms with Crippen LogP contribution in [0.3, 0.4) is 0 Å². The maximum Gasteiger partial charge on any atom is 0.105 e. The monoisotopic (exact) mass is 681 g/mol. The van der Waals surface area contributed by atoms with Crippen molar-refractivity contribution in [1.82, 2.24) is 0 Å². The summed E-state index contributed by atoms with van der Waals surface area (Å²) in [6.45, 7) is 12.4. The highest BCUT2D eigenvalue weighted by molar-refractivity contribution is 6.07. The summed E-state index contributed by atoms with van der Waals surface area (Å²) in [5.74, 6) is -0.765. The molecule has 0 spiro atoms. The summed E-state index contributed by atoms with van der Waals surface area (Å²) in [6.07, 6.45) is 4.18. The van der Waals surface area contributed by atoms with Crippen LogP contribution in [0.1, 0.15) is 83.3 Å². The number of rotatable bonds is 14. The van der Waals surface area contributed by atoms with Crippen LogP contribution in [0.4, 0.5) is 11.4 Å². The van der Waals surface area contributed by atoms with E-state index in [0.717, 1.165) is 112 Å². The van der Waals surface area contributed by atoms with Gasteiger partial charge in [0.1, 0.15) is 5.60 Å². The van der Waals surface area contributed by atoms with E-state index in [1.807, 2.05) is 30.3 Å². The largest absolute Gasteiger partial charge is 0.849 e. The van der Waals surface area contributed by atoms with Gasteiger partial charge >= 0.3 is 0 Å². The Balaban J connectivity index is 1.35. The zero-order valence-electron chi connectivity index (χ0n) is 30.7. The first kappa shape index (κ1) is 35.3. The summed E-state index contributed by atoms with van der Waals surface area (Å²) in [7, 11) is 0. The van der Waals surface area contributed by atoms with E-state index >= 15 is 0 Å². The van der Waals surface area contributed by atoms with Crippen LogP contribution in [0.2, 0.25) is 0 Å². The minimum absolute atomic E-state index is 0.521. The van der Waals surface area contributed by atoms with Crippen LogP contribution in [0.5, 0.6) is 0 Å². The van der Waals surface area contributed by atoms with Crippen molar-refractivity contribution >= 4 is 54.5 Å². The van der Waals surface area contributed by atoms with E-state index in [1.165, 1.54) is 12.8 Å². The highest BCUT2D eigenvalue weighted by Crippen LogP contribution is 2.54. The van der Waals surface area contributed by atoms with Gasteiger partial charge in [-0.05, 0) is 107 Å². The molecule has 51 heavy (non-hydrogen) atoms. The van der Waals surface area contributed by atoms with Crippen LogP contribution in [-0.2, 0) is 5.60 Å². The Bertz CT molecular complexity index is 2130. The van der Waals surface area contributed by atoms with Gasteiger partial charge in [0.05, 0.1) is 6.10 Å². The van der Waals surface area contributed by atoms with E-state index in [1.54, 1.807) is 0 Å². The van der Waals surface area contributed by atoms with Gasteiger partial charge in [-0.15, -0.1) is 0 Å². The number of nitrogens with zero attached hydrogens (tertiary/aromatic N) is 2. The van der Waals surface area contributed by atoms with E-state index < -0.39 is 23.7 Å². The Morgan fingerprint density at radius 1 is 0.588 bits per heavy atom. The number of hydrogen-bond acceptors (Lipinski definition) is 5. The van der Waals surface area contributed by atoms with Crippen molar-refractivity contribution in [2.75, 3.05) is 36.0 Å². The lowest BCUT2D eigenvalue weighted by Crippen LogP contribution is -2.71. The van der Waals surface area contributed by atoms with Crippen molar-refractivity contribution < 1.29 is 15.3 Å². The van der Waals surface area contributed by atoms with E-state index in [-0.39, 0.29) is 0 Å². The molecule has 4 atom stereocenters. The molecule has 2 N–H and O–H groups in total. The summed E-state index contributed by atoms with van der Waals surface area (Å²) in [6, 6.07) is 33.4. The second-order valence-electron chi connectivity index (χ2n) is 14.6. The maximum absolute atomic E-state index is 14.7. The van der Waals surface area contributed by atoms with Crippen LogP contribution in [0.25, 0.3) is 43.1 Å². The predicted octanol–water partition coefficient (Wildman–Crippen LogP) is 9.41. The molecule has 7 rings (SSSR count). The van der Waals surface area contributed by atoms with Gasteiger partial charge in [0, 0.05) is 54.2 Å². The molecule has 0 radical (unpaired) electrons. The number of hydrogen-bond donors (Lipinski definition) is 2. The van der Waals surface area contributed by atoms with Crippen molar-refractivity contribution in [3.63, 3.8) is 0 Å². The zero-order valence-corrected chi connectivity index (χ0v) is 30.7. The van der Waals surface area contributed by atoms with Crippen LogP contribution >= 0.6 is 0 Å². The molecule has 0 heterocycles. The van der Waals surface area contributed by atoms with Crippen molar-refractivity contribution in [2.24, 2.45) is 0 Å². The predicted molar refractivity (Wildman–Crippen MR) is 214 cm³/mol. The van der Waals surface area contributed by atoms with Gasteiger partial charge in [-0.25, -0.2) is 0 Å². The average molecular weight is 682 g/mol. The molecular weight excluding hydrogens is 629 g/mol. The molecule has 6 aromatic carbocycles. The molecule has 0 saturated heterocycles. The van der Waals surface area contributed by atoms with E-state index in [2.05, 4.69) is 104 Å². The van der Waals surface area contributed by atoms with E-state index in [0.29, 0.717) is 5.56 Å². The Morgan fingerprint density at radius 3 is 1.57 bits per heavy atom. The summed E-state index contributed by atoms with van der Waals surface area (Å²) >= 11 is 0. The van der Waals surface area contributed by atoms with E-state index in [4.69, 9.17) is 0 Å². The first-order chi connectivity index (χ1) is 24.8. The molecule has 1 fully saturated rings. The standard InChI is InChI=1S/C46H53N2O3/c1-5-9-15-25-48(26-16-10-6-2)42-24-22-40(37-28-32-18-12-14-20-34(32)30-39(37)42)46(51)44(49)43(45(46)50)35-21-23-41(47(7-3)8-4)38-29-33-19-13-11-17-31(33)27-36(35)38/h11-14,17-24,27-30,43-45,49,51H,5-10,15-16,25-26H2,1-4H3/q-1. The molecule has 0 bridgehead atoms. The highest BCUT2D eigenvalue weighted by Gasteiger charge is 2.57. The third kappa shape index (κ3) is 6.13. The number of benzene rings is 6. The molecule has 6 aromatic rings. The molecular formula is C46H53N2O3-. The number of aliphatic hydroxyl groups excluding tert-OH is 1. The second-order valence-corrected chi connectivity index (χ2v) is 14.6. The first-order valence-electron chi connectivity index (χ1n) is 19.3. The quantitative estimate of drug-likeness (QED) is 0.0886. The lowest BCUT2D eigenvalue weighted by atomic mass is 9.58. The number of unbranched alkanes of at least 4 members (excludes halogenated alkanes) is 4. The van der Waals surface area contributed by atoms with Gasteiger partial charge in [-0.2, -0.15) is 0 Å². The van der Waals surface area contributed by atoms with Gasteiger partial charge in [0.25, 0.3) is 0 Å². The van der Waals surface area contributed by atoms with E-state index in [9.17, 15) is 15.3 Å². The topological polar surface area (TPSA) is 70.0 Å². The molecule has 266 valence electrons. The fraction of sp³-hybridized carbons (Fsp3) is 0.391. The Labute approximate surface area is 303 Å². The van der Waals surface area contributed by atoms with Gasteiger partial charge in [-0.1, -0.05) is 106 Å².